The Balaban J connectivity index is 1.39. The molecule has 0 aromatic heterocycles. The molecule has 3 aromatic rings. The fraction of sp³-hybridized carbons (Fsp3) is 0.185. The zero-order valence-electron chi connectivity index (χ0n) is 19.1. The third-order valence-electron chi connectivity index (χ3n) is 4.85. The zero-order valence-corrected chi connectivity index (χ0v) is 19.1. The van der Waals surface area contributed by atoms with Gasteiger partial charge in [0.15, 0.2) is 0 Å². The van der Waals surface area contributed by atoms with Crippen LogP contribution in [0.25, 0.3) is 11.1 Å². The topological polar surface area (TPSA) is 114 Å². The van der Waals surface area contributed by atoms with E-state index in [1.165, 1.54) is 12.1 Å². The van der Waals surface area contributed by atoms with Crippen LogP contribution in [0.15, 0.2) is 78.9 Å². The number of hydrogen-bond acceptors (Lipinski definition) is 7. The zero-order chi connectivity index (χ0) is 24.5. The van der Waals surface area contributed by atoms with Gasteiger partial charge in [-0.05, 0) is 73.4 Å². The van der Waals surface area contributed by atoms with Gasteiger partial charge in [0.05, 0.1) is 18.8 Å². The second-order valence-corrected chi connectivity index (χ2v) is 7.80. The molecule has 0 radical (unpaired) electrons. The molecular weight excluding hydrogens is 432 g/mol. The maximum absolute atomic E-state index is 12.1. The number of nitrogens with two attached hydrogens (primary N) is 2. The lowest BCUT2D eigenvalue weighted by Crippen LogP contribution is -2.08. The van der Waals surface area contributed by atoms with Gasteiger partial charge in [0.1, 0.15) is 11.5 Å². The molecule has 0 bridgehead atoms. The van der Waals surface area contributed by atoms with E-state index in [4.69, 9.17) is 25.7 Å². The fourth-order valence-electron chi connectivity index (χ4n) is 3.09. The smallest absolute Gasteiger partial charge is 0.338 e. The number of benzene rings is 3. The molecule has 0 spiro atoms. The van der Waals surface area contributed by atoms with Gasteiger partial charge in [0.2, 0.25) is 0 Å². The van der Waals surface area contributed by atoms with Gasteiger partial charge in [0, 0.05) is 16.9 Å². The largest absolute Gasteiger partial charge is 0.494 e. The van der Waals surface area contributed by atoms with Crippen molar-refractivity contribution in [3.8, 4) is 22.6 Å². The summed E-state index contributed by atoms with van der Waals surface area (Å²) >= 11 is 0. The van der Waals surface area contributed by atoms with Crippen LogP contribution in [0.5, 0.6) is 11.5 Å². The summed E-state index contributed by atoms with van der Waals surface area (Å²) in [5, 5.41) is 0. The van der Waals surface area contributed by atoms with E-state index in [1.54, 1.807) is 25.1 Å². The molecule has 0 unspecified atom stereocenters. The molecule has 0 aliphatic carbocycles. The Morgan fingerprint density at radius 3 is 1.88 bits per heavy atom. The molecule has 7 nitrogen and oxygen atoms in total. The first-order valence-electron chi connectivity index (χ1n) is 10.9. The van der Waals surface area contributed by atoms with Crippen molar-refractivity contribution in [1.29, 1.82) is 0 Å². The molecular formula is C27H28N2O5. The number of ether oxygens (including phenoxy) is 3. The molecule has 3 aromatic carbocycles. The molecule has 0 saturated carbocycles. The van der Waals surface area contributed by atoms with Crippen LogP contribution >= 0.6 is 0 Å². The molecule has 0 amide bonds. The van der Waals surface area contributed by atoms with Gasteiger partial charge in [-0.25, -0.2) is 9.59 Å². The second kappa shape index (κ2) is 11.6. The van der Waals surface area contributed by atoms with E-state index in [0.717, 1.165) is 23.3 Å². The quantitative estimate of drug-likeness (QED) is 0.144. The molecule has 176 valence electrons. The first-order chi connectivity index (χ1) is 16.3. The van der Waals surface area contributed by atoms with E-state index in [0.29, 0.717) is 41.3 Å². The summed E-state index contributed by atoms with van der Waals surface area (Å²) in [7, 11) is 0. The Morgan fingerprint density at radius 2 is 1.32 bits per heavy atom. The van der Waals surface area contributed by atoms with Crippen molar-refractivity contribution < 1.29 is 23.8 Å². The Morgan fingerprint density at radius 1 is 0.794 bits per heavy atom. The molecule has 4 N–H and O–H groups in total. The standard InChI is InChI=1S/C27H28N2O5/c1-18(2)26(30)34-25-11-7-20(8-12-25)19-5-9-24(10-6-19)32-13-3-4-14-33-27(31)21-15-22(28)17-23(29)16-21/h5-12,15-17H,1,3-4,13-14,28-29H2,2H3. The monoisotopic (exact) mass is 460 g/mol. The van der Waals surface area contributed by atoms with Crippen molar-refractivity contribution in [1.82, 2.24) is 0 Å². The number of carbonyl (C=O) groups excluding carboxylic acids is 2. The van der Waals surface area contributed by atoms with E-state index in [-0.39, 0.29) is 6.61 Å². The summed E-state index contributed by atoms with van der Waals surface area (Å²) in [6.45, 7) is 5.97. The number of unbranched alkanes of at least 4 members (excludes halogenated alkanes) is 1. The third-order valence-corrected chi connectivity index (χ3v) is 4.85. The highest BCUT2D eigenvalue weighted by Crippen LogP contribution is 2.25. The Kier molecular flexibility index (Phi) is 8.29. The maximum atomic E-state index is 12.1. The minimum absolute atomic E-state index is 0.285. The second-order valence-electron chi connectivity index (χ2n) is 7.80. The first-order valence-corrected chi connectivity index (χ1v) is 10.9. The number of carbonyl (C=O) groups is 2. The molecule has 0 aliphatic rings. The highest BCUT2D eigenvalue weighted by Gasteiger charge is 2.09. The van der Waals surface area contributed by atoms with Gasteiger partial charge >= 0.3 is 11.9 Å². The molecule has 0 saturated heterocycles. The number of anilines is 2. The average molecular weight is 461 g/mol. The van der Waals surface area contributed by atoms with Crippen LogP contribution in [0.4, 0.5) is 11.4 Å². The fourth-order valence-corrected chi connectivity index (χ4v) is 3.09. The summed E-state index contributed by atoms with van der Waals surface area (Å²) in [4.78, 5) is 23.6. The van der Waals surface area contributed by atoms with Gasteiger partial charge in [-0.3, -0.25) is 0 Å². The van der Waals surface area contributed by atoms with Crippen LogP contribution in [-0.2, 0) is 9.53 Å². The average Bonchev–Trinajstić information content (AvgIpc) is 2.81. The van der Waals surface area contributed by atoms with Crippen LogP contribution in [-0.4, -0.2) is 25.2 Å². The summed E-state index contributed by atoms with van der Waals surface area (Å²) in [6, 6.07) is 19.6. The summed E-state index contributed by atoms with van der Waals surface area (Å²) in [5.74, 6) is 0.332. The molecule has 7 heteroatoms. The van der Waals surface area contributed by atoms with Gasteiger partial charge in [-0.15, -0.1) is 0 Å². The van der Waals surface area contributed by atoms with Gasteiger partial charge in [-0.2, -0.15) is 0 Å². The normalized spacial score (nSPS) is 10.4. The van der Waals surface area contributed by atoms with Gasteiger partial charge < -0.3 is 25.7 Å². The molecule has 0 heterocycles. The molecule has 0 aliphatic heterocycles. The predicted molar refractivity (Wildman–Crippen MR) is 133 cm³/mol. The minimum Gasteiger partial charge on any atom is -0.494 e. The maximum Gasteiger partial charge on any atom is 0.338 e. The van der Waals surface area contributed by atoms with Crippen LogP contribution in [0.3, 0.4) is 0 Å². The van der Waals surface area contributed by atoms with Crippen molar-refractivity contribution in [3.05, 3.63) is 84.4 Å². The van der Waals surface area contributed by atoms with Crippen molar-refractivity contribution in [2.24, 2.45) is 0 Å². The van der Waals surface area contributed by atoms with E-state index < -0.39 is 11.9 Å². The van der Waals surface area contributed by atoms with Crippen molar-refractivity contribution in [3.63, 3.8) is 0 Å². The highest BCUT2D eigenvalue weighted by atomic mass is 16.5. The van der Waals surface area contributed by atoms with Crippen LogP contribution in [0.1, 0.15) is 30.1 Å². The Hall–Kier alpha value is -4.26. The van der Waals surface area contributed by atoms with Crippen molar-refractivity contribution in [2.45, 2.75) is 19.8 Å². The van der Waals surface area contributed by atoms with Crippen LogP contribution in [0.2, 0.25) is 0 Å². The molecule has 0 atom stereocenters. The predicted octanol–water partition coefficient (Wildman–Crippen LogP) is 5.02. The Labute approximate surface area is 198 Å². The SMILES string of the molecule is C=C(C)C(=O)Oc1ccc(-c2ccc(OCCCCOC(=O)c3cc(N)cc(N)c3)cc2)cc1. The molecule has 34 heavy (non-hydrogen) atoms. The number of esters is 2. The lowest BCUT2D eigenvalue weighted by molar-refractivity contribution is -0.130. The summed E-state index contributed by atoms with van der Waals surface area (Å²) in [6.07, 6.45) is 1.41. The summed E-state index contributed by atoms with van der Waals surface area (Å²) in [5.41, 5.74) is 14.9. The van der Waals surface area contributed by atoms with Crippen molar-refractivity contribution in [2.75, 3.05) is 24.7 Å². The Bertz CT molecular complexity index is 1130. The van der Waals surface area contributed by atoms with E-state index in [9.17, 15) is 9.59 Å². The lowest BCUT2D eigenvalue weighted by Gasteiger charge is -2.09. The lowest BCUT2D eigenvalue weighted by atomic mass is 10.1. The van der Waals surface area contributed by atoms with Crippen LogP contribution < -0.4 is 20.9 Å². The van der Waals surface area contributed by atoms with Crippen molar-refractivity contribution >= 4 is 23.3 Å². The number of hydrogen-bond donors (Lipinski definition) is 2. The number of nitrogen functional groups attached to an aromatic ring is 2. The highest BCUT2D eigenvalue weighted by molar-refractivity contribution is 5.91. The molecule has 3 rings (SSSR count). The van der Waals surface area contributed by atoms with E-state index in [2.05, 4.69) is 6.58 Å². The number of rotatable bonds is 10. The molecule has 0 fully saturated rings. The van der Waals surface area contributed by atoms with Gasteiger partial charge in [0.25, 0.3) is 0 Å². The first kappa shape index (κ1) is 24.4. The van der Waals surface area contributed by atoms with E-state index >= 15 is 0 Å². The minimum atomic E-state index is -0.447. The third kappa shape index (κ3) is 7.13. The van der Waals surface area contributed by atoms with E-state index in [1.807, 2.05) is 36.4 Å². The van der Waals surface area contributed by atoms with Crippen LogP contribution in [0, 0.1) is 0 Å². The summed E-state index contributed by atoms with van der Waals surface area (Å²) < 4.78 is 16.2. The van der Waals surface area contributed by atoms with Gasteiger partial charge in [-0.1, -0.05) is 30.8 Å².